The Kier molecular flexibility index (Phi) is 4.84. The molecule has 0 spiro atoms. The molecular weight excluding hydrogens is 192 g/mol. The first-order chi connectivity index (χ1) is 7.26. The lowest BCUT2D eigenvalue weighted by Crippen LogP contribution is -2.07. The van der Waals surface area contributed by atoms with Crippen molar-refractivity contribution in [2.45, 2.75) is 13.3 Å². The maximum Gasteiger partial charge on any atom is 0.150 e. The molecule has 0 aliphatic heterocycles. The minimum atomic E-state index is 0.188. The standard InChI is InChI=1S/C12H16O3/c1-10(8-13)6-7-15-12-4-2-11(9-14)3-5-12/h2-5,9-10,13H,6-8H2,1H3/t10-/m0/s1. The summed E-state index contributed by atoms with van der Waals surface area (Å²) in [6.07, 6.45) is 1.63. The van der Waals surface area contributed by atoms with Crippen molar-refractivity contribution in [1.29, 1.82) is 0 Å². The van der Waals surface area contributed by atoms with Gasteiger partial charge in [-0.3, -0.25) is 4.79 Å². The fraction of sp³-hybridized carbons (Fsp3) is 0.417. The summed E-state index contributed by atoms with van der Waals surface area (Å²) < 4.78 is 5.45. The van der Waals surface area contributed by atoms with Crippen LogP contribution in [0.15, 0.2) is 24.3 Å². The molecule has 1 aromatic rings. The molecule has 0 fully saturated rings. The minimum Gasteiger partial charge on any atom is -0.494 e. The van der Waals surface area contributed by atoms with Crippen LogP contribution in [0.2, 0.25) is 0 Å². The highest BCUT2D eigenvalue weighted by atomic mass is 16.5. The molecule has 0 aromatic heterocycles. The number of carbonyl (C=O) groups excluding carboxylic acids is 1. The largest absolute Gasteiger partial charge is 0.494 e. The first-order valence-corrected chi connectivity index (χ1v) is 5.05. The zero-order chi connectivity index (χ0) is 11.1. The number of aldehydes is 1. The number of benzene rings is 1. The van der Waals surface area contributed by atoms with Crippen LogP contribution in [0, 0.1) is 5.92 Å². The topological polar surface area (TPSA) is 46.5 Å². The molecular formula is C12H16O3. The second-order valence-electron chi connectivity index (χ2n) is 3.61. The smallest absolute Gasteiger partial charge is 0.150 e. The lowest BCUT2D eigenvalue weighted by Gasteiger charge is -2.09. The van der Waals surface area contributed by atoms with Crippen molar-refractivity contribution in [2.24, 2.45) is 5.92 Å². The minimum absolute atomic E-state index is 0.188. The molecule has 1 aromatic carbocycles. The van der Waals surface area contributed by atoms with Gasteiger partial charge in [0.1, 0.15) is 12.0 Å². The molecule has 82 valence electrons. The van der Waals surface area contributed by atoms with Crippen molar-refractivity contribution in [2.75, 3.05) is 13.2 Å². The molecule has 0 saturated heterocycles. The van der Waals surface area contributed by atoms with Crippen molar-refractivity contribution in [3.63, 3.8) is 0 Å². The molecule has 15 heavy (non-hydrogen) atoms. The SMILES string of the molecule is C[C@H](CO)CCOc1ccc(C=O)cc1. The van der Waals surface area contributed by atoms with E-state index < -0.39 is 0 Å². The molecule has 0 aliphatic carbocycles. The molecule has 3 nitrogen and oxygen atoms in total. The van der Waals surface area contributed by atoms with Crippen LogP contribution >= 0.6 is 0 Å². The number of hydrogen-bond acceptors (Lipinski definition) is 3. The third kappa shape index (κ3) is 4.13. The van der Waals surface area contributed by atoms with Gasteiger partial charge in [0, 0.05) is 12.2 Å². The molecule has 0 saturated carbocycles. The van der Waals surface area contributed by atoms with Gasteiger partial charge in [0.2, 0.25) is 0 Å². The van der Waals surface area contributed by atoms with E-state index in [1.165, 1.54) is 0 Å². The Morgan fingerprint density at radius 3 is 2.60 bits per heavy atom. The predicted molar refractivity (Wildman–Crippen MR) is 58.2 cm³/mol. The number of ether oxygens (including phenoxy) is 1. The van der Waals surface area contributed by atoms with Gasteiger partial charge in [-0.15, -0.1) is 0 Å². The number of aliphatic hydroxyl groups excluding tert-OH is 1. The molecule has 0 bridgehead atoms. The summed E-state index contributed by atoms with van der Waals surface area (Å²) in [6, 6.07) is 6.98. The molecule has 3 heteroatoms. The van der Waals surface area contributed by atoms with E-state index in [-0.39, 0.29) is 12.5 Å². The van der Waals surface area contributed by atoms with Crippen molar-refractivity contribution in [3.05, 3.63) is 29.8 Å². The first kappa shape index (κ1) is 11.7. The predicted octanol–water partition coefficient (Wildman–Crippen LogP) is 1.90. The van der Waals surface area contributed by atoms with Gasteiger partial charge in [-0.05, 0) is 36.6 Å². The third-order valence-electron chi connectivity index (χ3n) is 2.21. The third-order valence-corrected chi connectivity index (χ3v) is 2.21. The van der Waals surface area contributed by atoms with E-state index in [9.17, 15) is 4.79 Å². The summed E-state index contributed by atoms with van der Waals surface area (Å²) in [5, 5.41) is 8.81. The van der Waals surface area contributed by atoms with E-state index >= 15 is 0 Å². The quantitative estimate of drug-likeness (QED) is 0.726. The van der Waals surface area contributed by atoms with E-state index in [0.717, 1.165) is 18.5 Å². The van der Waals surface area contributed by atoms with Crippen LogP contribution in [0.25, 0.3) is 0 Å². The monoisotopic (exact) mass is 208 g/mol. The van der Waals surface area contributed by atoms with Crippen LogP contribution in [-0.4, -0.2) is 24.6 Å². The van der Waals surface area contributed by atoms with E-state index in [0.29, 0.717) is 12.2 Å². The van der Waals surface area contributed by atoms with Gasteiger partial charge in [0.25, 0.3) is 0 Å². The van der Waals surface area contributed by atoms with E-state index in [4.69, 9.17) is 9.84 Å². The number of aliphatic hydroxyl groups is 1. The van der Waals surface area contributed by atoms with Crippen molar-refractivity contribution < 1.29 is 14.6 Å². The molecule has 0 heterocycles. The van der Waals surface area contributed by atoms with Gasteiger partial charge in [-0.1, -0.05) is 6.92 Å². The van der Waals surface area contributed by atoms with Crippen LogP contribution < -0.4 is 4.74 Å². The van der Waals surface area contributed by atoms with Crippen molar-refractivity contribution in [1.82, 2.24) is 0 Å². The van der Waals surface area contributed by atoms with Gasteiger partial charge in [-0.2, -0.15) is 0 Å². The Labute approximate surface area is 89.7 Å². The Hall–Kier alpha value is -1.35. The van der Waals surface area contributed by atoms with Crippen LogP contribution in [0.5, 0.6) is 5.75 Å². The Balaban J connectivity index is 2.34. The fourth-order valence-corrected chi connectivity index (χ4v) is 1.11. The second kappa shape index (κ2) is 6.19. The highest BCUT2D eigenvalue weighted by molar-refractivity contribution is 5.74. The average Bonchev–Trinajstić information content (AvgIpc) is 2.29. The molecule has 0 amide bonds. The summed E-state index contributed by atoms with van der Waals surface area (Å²) in [5.41, 5.74) is 0.645. The molecule has 1 atom stereocenters. The second-order valence-corrected chi connectivity index (χ2v) is 3.61. The van der Waals surface area contributed by atoms with Gasteiger partial charge in [0.15, 0.2) is 0 Å². The summed E-state index contributed by atoms with van der Waals surface area (Å²) >= 11 is 0. The van der Waals surface area contributed by atoms with Gasteiger partial charge < -0.3 is 9.84 Å². The zero-order valence-electron chi connectivity index (χ0n) is 8.85. The Morgan fingerprint density at radius 2 is 2.07 bits per heavy atom. The van der Waals surface area contributed by atoms with Crippen LogP contribution in [0.3, 0.4) is 0 Å². The van der Waals surface area contributed by atoms with E-state index in [1.54, 1.807) is 24.3 Å². The first-order valence-electron chi connectivity index (χ1n) is 5.05. The fourth-order valence-electron chi connectivity index (χ4n) is 1.11. The molecule has 0 radical (unpaired) electrons. The summed E-state index contributed by atoms with van der Waals surface area (Å²) in [7, 11) is 0. The number of carbonyl (C=O) groups is 1. The average molecular weight is 208 g/mol. The molecule has 1 N–H and O–H groups in total. The number of rotatable bonds is 6. The van der Waals surface area contributed by atoms with E-state index in [2.05, 4.69) is 0 Å². The molecule has 0 aliphatic rings. The molecule has 1 rings (SSSR count). The van der Waals surface area contributed by atoms with Crippen molar-refractivity contribution in [3.8, 4) is 5.75 Å². The maximum absolute atomic E-state index is 10.4. The summed E-state index contributed by atoms with van der Waals surface area (Å²) in [4.78, 5) is 10.4. The van der Waals surface area contributed by atoms with Crippen LogP contribution in [0.4, 0.5) is 0 Å². The Morgan fingerprint density at radius 1 is 1.40 bits per heavy atom. The normalized spacial score (nSPS) is 12.1. The summed E-state index contributed by atoms with van der Waals surface area (Å²) in [5.74, 6) is 1.02. The lowest BCUT2D eigenvalue weighted by molar-refractivity contribution is 0.112. The highest BCUT2D eigenvalue weighted by Gasteiger charge is 2.00. The van der Waals surface area contributed by atoms with Crippen LogP contribution in [-0.2, 0) is 0 Å². The van der Waals surface area contributed by atoms with Crippen LogP contribution in [0.1, 0.15) is 23.7 Å². The van der Waals surface area contributed by atoms with E-state index in [1.807, 2.05) is 6.92 Å². The highest BCUT2D eigenvalue weighted by Crippen LogP contribution is 2.12. The van der Waals surface area contributed by atoms with Gasteiger partial charge >= 0.3 is 0 Å². The van der Waals surface area contributed by atoms with Crippen molar-refractivity contribution >= 4 is 6.29 Å². The zero-order valence-corrected chi connectivity index (χ0v) is 8.85. The number of hydrogen-bond donors (Lipinski definition) is 1. The summed E-state index contributed by atoms with van der Waals surface area (Å²) in [6.45, 7) is 2.74. The van der Waals surface area contributed by atoms with Gasteiger partial charge in [0.05, 0.1) is 6.61 Å². The van der Waals surface area contributed by atoms with Gasteiger partial charge in [-0.25, -0.2) is 0 Å². The lowest BCUT2D eigenvalue weighted by atomic mass is 10.1. The maximum atomic E-state index is 10.4. The Bertz CT molecular complexity index is 292. The molecule has 0 unspecified atom stereocenters.